The Labute approximate surface area is 155 Å². The molecule has 1 heterocycles. The molecule has 1 fully saturated rings. The van der Waals surface area contributed by atoms with E-state index >= 15 is 0 Å². The molecule has 27 heavy (non-hydrogen) atoms. The summed E-state index contributed by atoms with van der Waals surface area (Å²) < 4.78 is 39.1. The summed E-state index contributed by atoms with van der Waals surface area (Å²) in [7, 11) is 0. The molecule has 0 radical (unpaired) electrons. The van der Waals surface area contributed by atoms with Crippen LogP contribution in [0.1, 0.15) is 45.1 Å². The van der Waals surface area contributed by atoms with Crippen molar-refractivity contribution in [2.24, 2.45) is 0 Å². The maximum Gasteiger partial charge on any atom is 0.418 e. The zero-order valence-corrected chi connectivity index (χ0v) is 15.2. The molecule has 0 saturated carbocycles. The van der Waals surface area contributed by atoms with Crippen molar-refractivity contribution in [1.82, 2.24) is 10.2 Å². The van der Waals surface area contributed by atoms with Gasteiger partial charge >= 0.3 is 12.2 Å². The summed E-state index contributed by atoms with van der Waals surface area (Å²) in [4.78, 5) is 37.9. The number of hydrogen-bond donors (Lipinski definition) is 2. The van der Waals surface area contributed by atoms with Gasteiger partial charge in [0.2, 0.25) is 5.91 Å². The lowest BCUT2D eigenvalue weighted by molar-refractivity contribution is -0.137. The van der Waals surface area contributed by atoms with Crippen molar-refractivity contribution >= 4 is 23.5 Å². The van der Waals surface area contributed by atoms with E-state index in [1.165, 1.54) is 12.1 Å². The van der Waals surface area contributed by atoms with E-state index in [9.17, 15) is 27.6 Å². The molecule has 1 saturated heterocycles. The van der Waals surface area contributed by atoms with Crippen LogP contribution in [0.3, 0.4) is 0 Å². The second-order valence-electron chi connectivity index (χ2n) is 6.50. The number of hydrogen-bond acceptors (Lipinski definition) is 3. The number of halogens is 3. The van der Waals surface area contributed by atoms with Crippen LogP contribution in [0, 0.1) is 0 Å². The SMILES string of the molecule is CCCC1(CCC)NC(=O)N(CC(=O)Nc2ccccc2C(F)(F)F)C1=O. The number of para-hydroxylation sites is 1. The van der Waals surface area contributed by atoms with Crippen LogP contribution in [0.5, 0.6) is 0 Å². The molecule has 0 aromatic heterocycles. The third-order valence-electron chi connectivity index (χ3n) is 4.41. The van der Waals surface area contributed by atoms with E-state index in [1.807, 2.05) is 13.8 Å². The van der Waals surface area contributed by atoms with Crippen LogP contribution in [0.15, 0.2) is 24.3 Å². The summed E-state index contributed by atoms with van der Waals surface area (Å²) in [5.74, 6) is -1.39. The van der Waals surface area contributed by atoms with Gasteiger partial charge in [-0.25, -0.2) is 4.79 Å². The highest BCUT2D eigenvalue weighted by Gasteiger charge is 2.50. The van der Waals surface area contributed by atoms with E-state index < -0.39 is 47.4 Å². The average molecular weight is 385 g/mol. The molecular formula is C18H22F3N3O3. The van der Waals surface area contributed by atoms with Crippen LogP contribution in [0.25, 0.3) is 0 Å². The van der Waals surface area contributed by atoms with Crippen molar-refractivity contribution in [3.8, 4) is 0 Å². The molecule has 0 aliphatic carbocycles. The summed E-state index contributed by atoms with van der Waals surface area (Å²) in [6, 6.07) is 3.81. The molecule has 1 aliphatic rings. The van der Waals surface area contributed by atoms with E-state index in [2.05, 4.69) is 10.6 Å². The number of amides is 4. The van der Waals surface area contributed by atoms with Gasteiger partial charge in [0.15, 0.2) is 0 Å². The second kappa shape index (κ2) is 7.98. The number of carbonyl (C=O) groups excluding carboxylic acids is 3. The Morgan fingerprint density at radius 3 is 2.30 bits per heavy atom. The molecule has 0 unspecified atom stereocenters. The normalized spacial score (nSPS) is 16.4. The van der Waals surface area contributed by atoms with Gasteiger partial charge in [0.1, 0.15) is 12.1 Å². The fourth-order valence-corrected chi connectivity index (χ4v) is 3.31. The van der Waals surface area contributed by atoms with E-state index in [0.29, 0.717) is 25.7 Å². The summed E-state index contributed by atoms with van der Waals surface area (Å²) in [6.07, 6.45) is -2.46. The van der Waals surface area contributed by atoms with Gasteiger partial charge in [-0.2, -0.15) is 13.2 Å². The van der Waals surface area contributed by atoms with Crippen molar-refractivity contribution in [1.29, 1.82) is 0 Å². The van der Waals surface area contributed by atoms with Crippen LogP contribution >= 0.6 is 0 Å². The Kier molecular flexibility index (Phi) is 6.12. The molecule has 0 atom stereocenters. The number of anilines is 1. The van der Waals surface area contributed by atoms with Crippen molar-refractivity contribution in [2.45, 2.75) is 51.2 Å². The largest absolute Gasteiger partial charge is 0.418 e. The van der Waals surface area contributed by atoms with Gasteiger partial charge in [0.05, 0.1) is 11.3 Å². The maximum absolute atomic E-state index is 13.0. The topological polar surface area (TPSA) is 78.5 Å². The number of benzene rings is 1. The van der Waals surface area contributed by atoms with Gasteiger partial charge in [-0.05, 0) is 25.0 Å². The van der Waals surface area contributed by atoms with Crippen LogP contribution in [-0.4, -0.2) is 34.8 Å². The van der Waals surface area contributed by atoms with Crippen LogP contribution in [-0.2, 0) is 15.8 Å². The number of rotatable bonds is 7. The van der Waals surface area contributed by atoms with Crippen LogP contribution < -0.4 is 10.6 Å². The summed E-state index contributed by atoms with van der Waals surface area (Å²) in [5, 5.41) is 4.80. The molecule has 0 spiro atoms. The third-order valence-corrected chi connectivity index (χ3v) is 4.41. The molecule has 1 aromatic rings. The first kappa shape index (κ1) is 20.7. The van der Waals surface area contributed by atoms with Gasteiger partial charge in [0, 0.05) is 0 Å². The standard InChI is InChI=1S/C18H22F3N3O3/c1-3-9-17(10-4-2)15(26)24(16(27)23-17)11-14(25)22-13-8-6-5-7-12(13)18(19,20)21/h5-8H,3-4,9-11H2,1-2H3,(H,22,25)(H,23,27). The van der Waals surface area contributed by atoms with Gasteiger partial charge in [-0.1, -0.05) is 38.8 Å². The summed E-state index contributed by atoms with van der Waals surface area (Å²) in [5.41, 5.74) is -2.47. The van der Waals surface area contributed by atoms with Crippen molar-refractivity contribution < 1.29 is 27.6 Å². The fourth-order valence-electron chi connectivity index (χ4n) is 3.31. The molecule has 1 aliphatic heterocycles. The number of nitrogens with zero attached hydrogens (tertiary/aromatic N) is 1. The molecule has 2 N–H and O–H groups in total. The minimum atomic E-state index is -4.64. The lowest BCUT2D eigenvalue weighted by atomic mass is 9.88. The number of urea groups is 1. The average Bonchev–Trinajstić information content (AvgIpc) is 2.79. The number of alkyl halides is 3. The fraction of sp³-hybridized carbons (Fsp3) is 0.500. The molecule has 4 amide bonds. The maximum atomic E-state index is 13.0. The molecule has 9 heteroatoms. The van der Waals surface area contributed by atoms with Gasteiger partial charge in [-0.15, -0.1) is 0 Å². The van der Waals surface area contributed by atoms with Crippen LogP contribution in [0.4, 0.5) is 23.7 Å². The van der Waals surface area contributed by atoms with Crippen molar-refractivity contribution in [2.75, 3.05) is 11.9 Å². The minimum absolute atomic E-state index is 0.421. The van der Waals surface area contributed by atoms with E-state index in [-0.39, 0.29) is 0 Å². The predicted octanol–water partition coefficient (Wildman–Crippen LogP) is 3.53. The Morgan fingerprint density at radius 1 is 1.15 bits per heavy atom. The van der Waals surface area contributed by atoms with Gasteiger partial charge in [0.25, 0.3) is 5.91 Å². The van der Waals surface area contributed by atoms with Gasteiger partial charge in [-0.3, -0.25) is 14.5 Å². The van der Waals surface area contributed by atoms with Crippen molar-refractivity contribution in [3.63, 3.8) is 0 Å². The number of carbonyl (C=O) groups is 3. The number of nitrogens with one attached hydrogen (secondary N) is 2. The predicted molar refractivity (Wildman–Crippen MR) is 92.9 cm³/mol. The van der Waals surface area contributed by atoms with Crippen LogP contribution in [0.2, 0.25) is 0 Å². The highest BCUT2D eigenvalue weighted by Crippen LogP contribution is 2.34. The molecular weight excluding hydrogens is 363 g/mol. The molecule has 1 aromatic carbocycles. The lowest BCUT2D eigenvalue weighted by Gasteiger charge is -2.25. The van der Waals surface area contributed by atoms with E-state index in [4.69, 9.17) is 0 Å². The summed E-state index contributed by atoms with van der Waals surface area (Å²) >= 11 is 0. The first-order chi connectivity index (χ1) is 12.6. The highest BCUT2D eigenvalue weighted by molar-refractivity contribution is 6.10. The third kappa shape index (κ3) is 4.40. The first-order valence-electron chi connectivity index (χ1n) is 8.74. The summed E-state index contributed by atoms with van der Waals surface area (Å²) in [6.45, 7) is 3.10. The monoisotopic (exact) mass is 385 g/mol. The first-order valence-corrected chi connectivity index (χ1v) is 8.74. The molecule has 0 bridgehead atoms. The van der Waals surface area contributed by atoms with E-state index in [0.717, 1.165) is 17.0 Å². The Balaban J connectivity index is 2.15. The molecule has 6 nitrogen and oxygen atoms in total. The second-order valence-corrected chi connectivity index (χ2v) is 6.50. The van der Waals surface area contributed by atoms with E-state index in [1.54, 1.807) is 0 Å². The van der Waals surface area contributed by atoms with Gasteiger partial charge < -0.3 is 10.6 Å². The Morgan fingerprint density at radius 2 is 1.74 bits per heavy atom. The zero-order valence-electron chi connectivity index (χ0n) is 15.2. The lowest BCUT2D eigenvalue weighted by Crippen LogP contribution is -2.47. The Bertz CT molecular complexity index is 728. The molecule has 148 valence electrons. The zero-order chi connectivity index (χ0) is 20.2. The smallest absolute Gasteiger partial charge is 0.324 e. The molecule has 2 rings (SSSR count). The van der Waals surface area contributed by atoms with Crippen molar-refractivity contribution in [3.05, 3.63) is 29.8 Å². The minimum Gasteiger partial charge on any atom is -0.324 e. The number of imide groups is 1. The quantitative estimate of drug-likeness (QED) is 0.705. The Hall–Kier alpha value is -2.58. The highest BCUT2D eigenvalue weighted by atomic mass is 19.4.